The molecule has 13 heavy (non-hydrogen) atoms. The van der Waals surface area contributed by atoms with Crippen LogP contribution in [0.5, 0.6) is 0 Å². The number of hydrogen-bond donors (Lipinski definition) is 2. The molecule has 4 nitrogen and oxygen atoms in total. The zero-order valence-electron chi connectivity index (χ0n) is 7.68. The van der Waals surface area contributed by atoms with E-state index in [4.69, 9.17) is 9.47 Å². The summed E-state index contributed by atoms with van der Waals surface area (Å²) < 4.78 is 10.9. The number of rotatable bonds is 0. The van der Waals surface area contributed by atoms with Gasteiger partial charge in [-0.2, -0.15) is 0 Å². The van der Waals surface area contributed by atoms with Gasteiger partial charge in [-0.1, -0.05) is 12.2 Å². The first-order valence-corrected chi connectivity index (χ1v) is 4.40. The number of fused-ring (bicyclic) bond motifs is 1. The molecule has 0 aromatic heterocycles. The molecule has 0 saturated carbocycles. The molecule has 0 aromatic rings. The molecule has 74 valence electrons. The summed E-state index contributed by atoms with van der Waals surface area (Å²) in [6, 6.07) is 0. The van der Waals surface area contributed by atoms with Crippen LogP contribution in [-0.2, 0) is 9.47 Å². The molecular weight excluding hydrogens is 172 g/mol. The lowest BCUT2D eigenvalue weighted by Crippen LogP contribution is -2.44. The summed E-state index contributed by atoms with van der Waals surface area (Å²) in [6.45, 7) is 3.54. The number of aliphatic hydroxyl groups is 2. The maximum atomic E-state index is 9.53. The molecule has 0 bridgehead atoms. The van der Waals surface area contributed by atoms with Crippen LogP contribution in [-0.4, -0.2) is 40.4 Å². The van der Waals surface area contributed by atoms with E-state index in [0.717, 1.165) is 0 Å². The van der Waals surface area contributed by atoms with Crippen LogP contribution in [0.1, 0.15) is 13.8 Å². The zero-order valence-corrected chi connectivity index (χ0v) is 7.68. The van der Waals surface area contributed by atoms with Crippen LogP contribution in [0, 0.1) is 0 Å². The second-order valence-corrected chi connectivity index (χ2v) is 3.93. The molecule has 1 saturated heterocycles. The van der Waals surface area contributed by atoms with E-state index >= 15 is 0 Å². The summed E-state index contributed by atoms with van der Waals surface area (Å²) in [6.07, 6.45) is 0.808. The average molecular weight is 186 g/mol. The first-order chi connectivity index (χ1) is 5.99. The van der Waals surface area contributed by atoms with Crippen molar-refractivity contribution >= 4 is 0 Å². The van der Waals surface area contributed by atoms with Gasteiger partial charge < -0.3 is 19.7 Å². The Morgan fingerprint density at radius 1 is 1.00 bits per heavy atom. The Bertz CT molecular complexity index is 214. The lowest BCUT2D eigenvalue weighted by molar-refractivity contribution is -0.155. The van der Waals surface area contributed by atoms with Crippen molar-refractivity contribution in [1.29, 1.82) is 0 Å². The van der Waals surface area contributed by atoms with E-state index in [2.05, 4.69) is 0 Å². The predicted octanol–water partition coefficient (Wildman–Crippen LogP) is -0.202. The molecule has 0 amide bonds. The highest BCUT2D eigenvalue weighted by molar-refractivity contribution is 5.10. The Morgan fingerprint density at radius 3 is 1.77 bits per heavy atom. The largest absolute Gasteiger partial charge is 0.386 e. The van der Waals surface area contributed by atoms with Crippen LogP contribution in [0.15, 0.2) is 12.2 Å². The second kappa shape index (κ2) is 2.78. The van der Waals surface area contributed by atoms with Crippen LogP contribution in [0.2, 0.25) is 0 Å². The van der Waals surface area contributed by atoms with Gasteiger partial charge in [-0.05, 0) is 13.8 Å². The third kappa shape index (κ3) is 1.50. The van der Waals surface area contributed by atoms with Gasteiger partial charge in [0.15, 0.2) is 5.79 Å². The molecule has 1 aliphatic heterocycles. The Balaban J connectivity index is 2.21. The molecule has 1 aliphatic carbocycles. The first-order valence-electron chi connectivity index (χ1n) is 4.40. The van der Waals surface area contributed by atoms with Crippen molar-refractivity contribution in [2.45, 2.75) is 44.1 Å². The second-order valence-electron chi connectivity index (χ2n) is 3.93. The smallest absolute Gasteiger partial charge is 0.164 e. The zero-order chi connectivity index (χ0) is 9.64. The van der Waals surface area contributed by atoms with Gasteiger partial charge in [0.1, 0.15) is 24.4 Å². The lowest BCUT2D eigenvalue weighted by atomic mass is 9.97. The molecule has 2 aliphatic rings. The average Bonchev–Trinajstić information content (AvgIpc) is 2.35. The maximum Gasteiger partial charge on any atom is 0.164 e. The minimum absolute atomic E-state index is 0.449. The van der Waals surface area contributed by atoms with E-state index in [9.17, 15) is 10.2 Å². The van der Waals surface area contributed by atoms with Gasteiger partial charge in [0.25, 0.3) is 0 Å². The topological polar surface area (TPSA) is 58.9 Å². The van der Waals surface area contributed by atoms with E-state index in [1.165, 1.54) is 12.2 Å². The van der Waals surface area contributed by atoms with Gasteiger partial charge in [0, 0.05) is 0 Å². The number of hydrogen-bond acceptors (Lipinski definition) is 4. The summed E-state index contributed by atoms with van der Waals surface area (Å²) in [4.78, 5) is 0. The molecule has 1 fully saturated rings. The van der Waals surface area contributed by atoms with E-state index in [-0.39, 0.29) is 0 Å². The monoisotopic (exact) mass is 186 g/mol. The number of ether oxygens (including phenoxy) is 2. The molecule has 0 aromatic carbocycles. The predicted molar refractivity (Wildman–Crippen MR) is 45.0 cm³/mol. The van der Waals surface area contributed by atoms with Crippen molar-refractivity contribution in [2.75, 3.05) is 0 Å². The van der Waals surface area contributed by atoms with E-state index in [1.807, 2.05) is 0 Å². The van der Waals surface area contributed by atoms with E-state index < -0.39 is 30.2 Å². The normalized spacial score (nSPS) is 47.7. The van der Waals surface area contributed by atoms with Crippen LogP contribution in [0.3, 0.4) is 0 Å². The molecule has 0 spiro atoms. The Labute approximate surface area is 76.8 Å². The molecule has 4 heteroatoms. The summed E-state index contributed by atoms with van der Waals surface area (Å²) in [5.41, 5.74) is 0. The van der Waals surface area contributed by atoms with Gasteiger partial charge >= 0.3 is 0 Å². The SMILES string of the molecule is CC1(C)O[C@H]2C(O)C=CC(O)[C@@H]2O1. The third-order valence-corrected chi connectivity index (χ3v) is 2.34. The van der Waals surface area contributed by atoms with Crippen LogP contribution in [0.4, 0.5) is 0 Å². The van der Waals surface area contributed by atoms with E-state index in [1.54, 1.807) is 13.8 Å². The Kier molecular flexibility index (Phi) is 1.96. The quantitative estimate of drug-likeness (QED) is 0.514. The highest BCUT2D eigenvalue weighted by Gasteiger charge is 2.48. The molecule has 4 atom stereocenters. The summed E-state index contributed by atoms with van der Waals surface area (Å²) in [5.74, 6) is -0.719. The molecular formula is C9H14O4. The lowest BCUT2D eigenvalue weighted by Gasteiger charge is -2.26. The fourth-order valence-corrected chi connectivity index (χ4v) is 1.79. The van der Waals surface area contributed by atoms with Crippen molar-refractivity contribution in [2.24, 2.45) is 0 Å². The molecule has 2 unspecified atom stereocenters. The fourth-order valence-electron chi connectivity index (χ4n) is 1.79. The van der Waals surface area contributed by atoms with Gasteiger partial charge in [-0.15, -0.1) is 0 Å². The molecule has 2 N–H and O–H groups in total. The van der Waals surface area contributed by atoms with Crippen molar-refractivity contribution < 1.29 is 19.7 Å². The minimum atomic E-state index is -0.719. The summed E-state index contributed by atoms with van der Waals surface area (Å²) in [7, 11) is 0. The summed E-state index contributed by atoms with van der Waals surface area (Å²) >= 11 is 0. The van der Waals surface area contributed by atoms with Crippen molar-refractivity contribution in [3.63, 3.8) is 0 Å². The molecule has 2 rings (SSSR count). The highest BCUT2D eigenvalue weighted by Crippen LogP contribution is 2.34. The standard InChI is InChI=1S/C9H14O4/c1-9(2)12-7-5(10)3-4-6(11)8(7)13-9/h3-8,10-11H,1-2H3/t5?,6?,7-,8-/m0/s1. The molecule has 1 heterocycles. The fraction of sp³-hybridized carbons (Fsp3) is 0.778. The van der Waals surface area contributed by atoms with Crippen molar-refractivity contribution in [3.05, 3.63) is 12.2 Å². The van der Waals surface area contributed by atoms with Crippen molar-refractivity contribution in [3.8, 4) is 0 Å². The van der Waals surface area contributed by atoms with Crippen molar-refractivity contribution in [1.82, 2.24) is 0 Å². The van der Waals surface area contributed by atoms with Gasteiger partial charge in [-0.3, -0.25) is 0 Å². The Hall–Kier alpha value is -0.420. The maximum absolute atomic E-state index is 9.53. The minimum Gasteiger partial charge on any atom is -0.386 e. The van der Waals surface area contributed by atoms with E-state index in [0.29, 0.717) is 0 Å². The highest BCUT2D eigenvalue weighted by atomic mass is 16.8. The van der Waals surface area contributed by atoms with Gasteiger partial charge in [-0.25, -0.2) is 0 Å². The Morgan fingerprint density at radius 2 is 1.38 bits per heavy atom. The van der Waals surface area contributed by atoms with Crippen LogP contribution in [0.25, 0.3) is 0 Å². The van der Waals surface area contributed by atoms with Gasteiger partial charge in [0.05, 0.1) is 0 Å². The third-order valence-electron chi connectivity index (χ3n) is 2.34. The molecule has 0 radical (unpaired) electrons. The van der Waals surface area contributed by atoms with Crippen LogP contribution < -0.4 is 0 Å². The first kappa shape index (κ1) is 9.15. The number of aliphatic hydroxyl groups excluding tert-OH is 2. The van der Waals surface area contributed by atoms with Crippen LogP contribution >= 0.6 is 0 Å². The summed E-state index contributed by atoms with van der Waals surface area (Å²) in [5, 5.41) is 19.1. The van der Waals surface area contributed by atoms with Gasteiger partial charge in [0.2, 0.25) is 0 Å².